The lowest BCUT2D eigenvalue weighted by Gasteiger charge is -2.17. The van der Waals surface area contributed by atoms with Crippen molar-refractivity contribution in [1.82, 2.24) is 15.5 Å². The number of aryl methyl sites for hydroxylation is 1. The van der Waals surface area contributed by atoms with Crippen molar-refractivity contribution in [3.8, 4) is 0 Å². The molecule has 2 aromatic rings. The molecular formula is C15H20ClN3O. The molecule has 0 aliphatic heterocycles. The van der Waals surface area contributed by atoms with Gasteiger partial charge < -0.3 is 9.84 Å². The van der Waals surface area contributed by atoms with Crippen LogP contribution in [-0.2, 0) is 12.8 Å². The van der Waals surface area contributed by atoms with E-state index in [1.807, 2.05) is 38.1 Å². The largest absolute Gasteiger partial charge is 0.338 e. The predicted molar refractivity (Wildman–Crippen MR) is 79.8 cm³/mol. The Morgan fingerprint density at radius 2 is 1.95 bits per heavy atom. The van der Waals surface area contributed by atoms with E-state index in [0.29, 0.717) is 11.9 Å². The van der Waals surface area contributed by atoms with E-state index in [1.54, 1.807) is 0 Å². The van der Waals surface area contributed by atoms with Gasteiger partial charge in [0, 0.05) is 17.5 Å². The number of nitrogens with zero attached hydrogens (tertiary/aromatic N) is 2. The van der Waals surface area contributed by atoms with Gasteiger partial charge in [0.25, 0.3) is 0 Å². The normalized spacial score (nSPS) is 14.2. The number of nitrogens with one attached hydrogen (secondary N) is 1. The van der Waals surface area contributed by atoms with Crippen LogP contribution in [0.15, 0.2) is 28.8 Å². The zero-order chi connectivity index (χ0) is 14.5. The summed E-state index contributed by atoms with van der Waals surface area (Å²) in [7, 11) is 0. The summed E-state index contributed by atoms with van der Waals surface area (Å²) >= 11 is 5.89. The second-order valence-corrected chi connectivity index (χ2v) is 5.46. The number of rotatable bonds is 6. The van der Waals surface area contributed by atoms with Gasteiger partial charge in [-0.2, -0.15) is 4.98 Å². The van der Waals surface area contributed by atoms with Crippen LogP contribution in [0, 0.1) is 0 Å². The molecule has 1 N–H and O–H groups in total. The van der Waals surface area contributed by atoms with Gasteiger partial charge in [-0.15, -0.1) is 0 Å². The van der Waals surface area contributed by atoms with E-state index in [9.17, 15) is 0 Å². The van der Waals surface area contributed by atoms with Crippen molar-refractivity contribution >= 4 is 11.6 Å². The minimum Gasteiger partial charge on any atom is -0.338 e. The summed E-state index contributed by atoms with van der Waals surface area (Å²) in [5.41, 5.74) is 1.25. The van der Waals surface area contributed by atoms with Crippen molar-refractivity contribution < 1.29 is 4.52 Å². The molecular weight excluding hydrogens is 274 g/mol. The maximum Gasteiger partial charge on any atom is 0.243 e. The first-order valence-corrected chi connectivity index (χ1v) is 7.29. The molecule has 5 heteroatoms. The predicted octanol–water partition coefficient (Wildman–Crippen LogP) is 3.57. The van der Waals surface area contributed by atoms with Gasteiger partial charge in [0.15, 0.2) is 5.82 Å². The van der Waals surface area contributed by atoms with Crippen molar-refractivity contribution in [1.29, 1.82) is 0 Å². The lowest BCUT2D eigenvalue weighted by molar-refractivity contribution is 0.324. The molecule has 0 unspecified atom stereocenters. The van der Waals surface area contributed by atoms with Gasteiger partial charge in [-0.1, -0.05) is 35.8 Å². The molecule has 20 heavy (non-hydrogen) atoms. The van der Waals surface area contributed by atoms with Crippen molar-refractivity contribution in [2.75, 3.05) is 0 Å². The fourth-order valence-corrected chi connectivity index (χ4v) is 2.24. The summed E-state index contributed by atoms with van der Waals surface area (Å²) in [5.74, 6) is 1.39. The van der Waals surface area contributed by atoms with Crippen LogP contribution in [0.3, 0.4) is 0 Å². The number of hydrogen-bond acceptors (Lipinski definition) is 4. The quantitative estimate of drug-likeness (QED) is 0.884. The number of hydrogen-bond donors (Lipinski definition) is 1. The summed E-state index contributed by atoms with van der Waals surface area (Å²) in [5, 5.41) is 8.15. The van der Waals surface area contributed by atoms with E-state index in [4.69, 9.17) is 16.1 Å². The van der Waals surface area contributed by atoms with E-state index in [1.165, 1.54) is 5.56 Å². The highest BCUT2D eigenvalue weighted by molar-refractivity contribution is 6.30. The third-order valence-electron chi connectivity index (χ3n) is 3.16. The van der Waals surface area contributed by atoms with Gasteiger partial charge in [-0.3, -0.25) is 0 Å². The molecule has 0 saturated heterocycles. The van der Waals surface area contributed by atoms with Gasteiger partial charge in [0.05, 0.1) is 6.04 Å². The van der Waals surface area contributed by atoms with Crippen molar-refractivity contribution in [3.63, 3.8) is 0 Å². The Morgan fingerprint density at radius 1 is 1.25 bits per heavy atom. The zero-order valence-corrected chi connectivity index (χ0v) is 12.8. The second kappa shape index (κ2) is 6.86. The minimum absolute atomic E-state index is 0.0464. The molecule has 1 heterocycles. The van der Waals surface area contributed by atoms with E-state index >= 15 is 0 Å². The Labute approximate surface area is 124 Å². The van der Waals surface area contributed by atoms with Crippen LogP contribution >= 0.6 is 11.6 Å². The first kappa shape index (κ1) is 15.0. The molecule has 1 aromatic carbocycles. The molecule has 0 aliphatic rings. The lowest BCUT2D eigenvalue weighted by atomic mass is 10.1. The Bertz CT molecular complexity index is 538. The number of benzene rings is 1. The Hall–Kier alpha value is -1.39. The van der Waals surface area contributed by atoms with Crippen LogP contribution in [0.2, 0.25) is 5.02 Å². The lowest BCUT2D eigenvalue weighted by Crippen LogP contribution is -2.30. The maximum absolute atomic E-state index is 5.89. The molecule has 0 saturated carbocycles. The summed E-state index contributed by atoms with van der Waals surface area (Å²) in [6, 6.07) is 8.28. The molecule has 0 radical (unpaired) electrons. The Morgan fingerprint density at radius 3 is 2.55 bits per heavy atom. The van der Waals surface area contributed by atoms with Crippen molar-refractivity contribution in [2.45, 2.75) is 45.7 Å². The molecule has 108 valence electrons. The molecule has 4 nitrogen and oxygen atoms in total. The van der Waals surface area contributed by atoms with E-state index < -0.39 is 0 Å². The maximum atomic E-state index is 5.89. The third-order valence-corrected chi connectivity index (χ3v) is 3.41. The van der Waals surface area contributed by atoms with Crippen LogP contribution in [0.25, 0.3) is 0 Å². The van der Waals surface area contributed by atoms with Crippen LogP contribution in [0.1, 0.15) is 44.1 Å². The van der Waals surface area contributed by atoms with Crippen LogP contribution < -0.4 is 5.32 Å². The molecule has 2 atom stereocenters. The summed E-state index contributed by atoms with van der Waals surface area (Å²) in [4.78, 5) is 4.34. The standard InChI is InChI=1S/C15H20ClN3O/c1-4-14-18-15(20-19-14)11(3)17-10(2)9-12-5-7-13(16)8-6-12/h5-8,10-11,17H,4,9H2,1-3H3/t10-,11+/m0/s1. The fraction of sp³-hybridized carbons (Fsp3) is 0.467. The van der Waals surface area contributed by atoms with E-state index in [0.717, 1.165) is 23.7 Å². The topological polar surface area (TPSA) is 51.0 Å². The molecule has 0 bridgehead atoms. The van der Waals surface area contributed by atoms with Gasteiger partial charge in [-0.25, -0.2) is 0 Å². The highest BCUT2D eigenvalue weighted by Crippen LogP contribution is 2.14. The minimum atomic E-state index is 0.0464. The average molecular weight is 294 g/mol. The molecule has 1 aromatic heterocycles. The highest BCUT2D eigenvalue weighted by atomic mass is 35.5. The third kappa shape index (κ3) is 4.05. The SMILES string of the molecule is CCc1noc([C@@H](C)N[C@@H](C)Cc2ccc(Cl)cc2)n1. The van der Waals surface area contributed by atoms with Crippen molar-refractivity contribution in [2.24, 2.45) is 0 Å². The fourth-order valence-electron chi connectivity index (χ4n) is 2.12. The second-order valence-electron chi connectivity index (χ2n) is 5.02. The first-order chi connectivity index (χ1) is 9.58. The Balaban J connectivity index is 1.90. The molecule has 0 fully saturated rings. The Kier molecular flexibility index (Phi) is 5.15. The van der Waals surface area contributed by atoms with Gasteiger partial charge in [-0.05, 0) is 38.0 Å². The molecule has 0 aliphatic carbocycles. The number of aromatic nitrogens is 2. The molecule has 0 amide bonds. The van der Waals surface area contributed by atoms with Crippen LogP contribution in [0.5, 0.6) is 0 Å². The highest BCUT2D eigenvalue weighted by Gasteiger charge is 2.16. The van der Waals surface area contributed by atoms with E-state index in [2.05, 4.69) is 22.4 Å². The summed E-state index contributed by atoms with van der Waals surface area (Å²) < 4.78 is 5.24. The number of halogens is 1. The van der Waals surface area contributed by atoms with Crippen molar-refractivity contribution in [3.05, 3.63) is 46.6 Å². The first-order valence-electron chi connectivity index (χ1n) is 6.91. The average Bonchev–Trinajstić information content (AvgIpc) is 2.90. The van der Waals surface area contributed by atoms with Crippen LogP contribution in [-0.4, -0.2) is 16.2 Å². The zero-order valence-electron chi connectivity index (χ0n) is 12.1. The van der Waals surface area contributed by atoms with Gasteiger partial charge >= 0.3 is 0 Å². The molecule has 2 rings (SSSR count). The van der Waals surface area contributed by atoms with Gasteiger partial charge in [0.2, 0.25) is 5.89 Å². The van der Waals surface area contributed by atoms with Gasteiger partial charge in [0.1, 0.15) is 0 Å². The summed E-state index contributed by atoms with van der Waals surface area (Å²) in [6.45, 7) is 6.18. The smallest absolute Gasteiger partial charge is 0.243 e. The van der Waals surface area contributed by atoms with E-state index in [-0.39, 0.29) is 6.04 Å². The monoisotopic (exact) mass is 293 g/mol. The van der Waals surface area contributed by atoms with Crippen LogP contribution in [0.4, 0.5) is 0 Å². The summed E-state index contributed by atoms with van der Waals surface area (Å²) in [6.07, 6.45) is 1.72. The molecule has 0 spiro atoms.